The Morgan fingerprint density at radius 2 is 1.85 bits per heavy atom. The summed E-state index contributed by atoms with van der Waals surface area (Å²) in [6.07, 6.45) is 0.868. The highest BCUT2D eigenvalue weighted by Gasteiger charge is 2.10. The summed E-state index contributed by atoms with van der Waals surface area (Å²) in [6, 6.07) is 13.3. The van der Waals surface area contributed by atoms with Gasteiger partial charge in [-0.1, -0.05) is 54.4 Å². The monoisotopic (exact) mass is 309 g/mol. The molecule has 0 fully saturated rings. The first-order chi connectivity index (χ1) is 9.61. The maximum absolute atomic E-state index is 6.09. The number of nitrogens with two attached hydrogens (primary N) is 1. The summed E-state index contributed by atoms with van der Waals surface area (Å²) in [5.41, 5.74) is 8.08. The Labute approximate surface area is 129 Å². The van der Waals surface area contributed by atoms with Gasteiger partial charge in [0.25, 0.3) is 0 Å². The molecule has 2 nitrogen and oxygen atoms in total. The summed E-state index contributed by atoms with van der Waals surface area (Å²) < 4.78 is 5.86. The van der Waals surface area contributed by atoms with Crippen LogP contribution in [0.2, 0.25) is 10.0 Å². The van der Waals surface area contributed by atoms with E-state index in [2.05, 4.69) is 6.92 Å². The van der Waals surface area contributed by atoms with Crippen molar-refractivity contribution < 1.29 is 4.74 Å². The van der Waals surface area contributed by atoms with Crippen molar-refractivity contribution in [2.45, 2.75) is 26.0 Å². The molecule has 0 amide bonds. The Bertz CT molecular complexity index is 586. The molecule has 0 bridgehead atoms. The number of benzene rings is 2. The predicted molar refractivity (Wildman–Crippen MR) is 84.5 cm³/mol. The summed E-state index contributed by atoms with van der Waals surface area (Å²) in [5, 5.41) is 1.08. The molecule has 0 radical (unpaired) electrons. The van der Waals surface area contributed by atoms with E-state index < -0.39 is 0 Å². The number of hydrogen-bond donors (Lipinski definition) is 1. The molecule has 2 N–H and O–H groups in total. The maximum Gasteiger partial charge on any atom is 0.124 e. The Kier molecular flexibility index (Phi) is 5.30. The molecule has 0 spiro atoms. The maximum atomic E-state index is 6.09. The molecule has 1 atom stereocenters. The molecule has 2 aromatic carbocycles. The van der Waals surface area contributed by atoms with Gasteiger partial charge < -0.3 is 10.5 Å². The van der Waals surface area contributed by atoms with E-state index in [0.29, 0.717) is 16.7 Å². The van der Waals surface area contributed by atoms with Gasteiger partial charge in [-0.15, -0.1) is 0 Å². The van der Waals surface area contributed by atoms with E-state index in [4.69, 9.17) is 33.7 Å². The van der Waals surface area contributed by atoms with Crippen molar-refractivity contribution in [3.63, 3.8) is 0 Å². The van der Waals surface area contributed by atoms with E-state index in [1.807, 2.05) is 36.4 Å². The Morgan fingerprint density at radius 1 is 1.10 bits per heavy atom. The van der Waals surface area contributed by atoms with Crippen molar-refractivity contribution in [3.8, 4) is 5.75 Å². The Hall–Kier alpha value is -1.22. The average molecular weight is 310 g/mol. The van der Waals surface area contributed by atoms with Crippen molar-refractivity contribution in [2.75, 3.05) is 0 Å². The molecule has 0 aromatic heterocycles. The fraction of sp³-hybridized carbons (Fsp3) is 0.250. The first-order valence-corrected chi connectivity index (χ1v) is 7.28. The third-order valence-electron chi connectivity index (χ3n) is 3.14. The topological polar surface area (TPSA) is 35.2 Å². The first-order valence-electron chi connectivity index (χ1n) is 6.53. The quantitative estimate of drug-likeness (QED) is 0.845. The smallest absolute Gasteiger partial charge is 0.124 e. The van der Waals surface area contributed by atoms with Crippen LogP contribution in [0.5, 0.6) is 5.75 Å². The average Bonchev–Trinajstić information content (AvgIpc) is 2.48. The van der Waals surface area contributed by atoms with Crippen LogP contribution in [0.15, 0.2) is 42.5 Å². The molecule has 20 heavy (non-hydrogen) atoms. The van der Waals surface area contributed by atoms with Gasteiger partial charge in [-0.25, -0.2) is 0 Å². The summed E-state index contributed by atoms with van der Waals surface area (Å²) in [6.45, 7) is 2.49. The number of para-hydroxylation sites is 1. The van der Waals surface area contributed by atoms with Crippen molar-refractivity contribution >= 4 is 23.2 Å². The van der Waals surface area contributed by atoms with Crippen LogP contribution in [-0.4, -0.2) is 0 Å². The van der Waals surface area contributed by atoms with Crippen LogP contribution in [0, 0.1) is 0 Å². The van der Waals surface area contributed by atoms with Gasteiger partial charge in [0.05, 0.1) is 10.0 Å². The van der Waals surface area contributed by atoms with Crippen molar-refractivity contribution in [3.05, 3.63) is 63.6 Å². The number of hydrogen-bond acceptors (Lipinski definition) is 2. The van der Waals surface area contributed by atoms with Crippen LogP contribution in [0.1, 0.15) is 30.5 Å². The minimum atomic E-state index is -0.0139. The zero-order valence-corrected chi connectivity index (χ0v) is 12.8. The van der Waals surface area contributed by atoms with Crippen LogP contribution < -0.4 is 10.5 Å². The summed E-state index contributed by atoms with van der Waals surface area (Å²) >= 11 is 11.9. The summed E-state index contributed by atoms with van der Waals surface area (Å²) in [5.74, 6) is 0.813. The second kappa shape index (κ2) is 6.98. The van der Waals surface area contributed by atoms with Crippen molar-refractivity contribution in [2.24, 2.45) is 5.73 Å². The summed E-state index contributed by atoms with van der Waals surface area (Å²) in [4.78, 5) is 0. The molecule has 2 aromatic rings. The first kappa shape index (κ1) is 15.2. The van der Waals surface area contributed by atoms with E-state index in [1.54, 1.807) is 6.07 Å². The lowest BCUT2D eigenvalue weighted by atomic mass is 10.0. The lowest BCUT2D eigenvalue weighted by Gasteiger charge is -2.15. The van der Waals surface area contributed by atoms with E-state index in [1.165, 1.54) is 0 Å². The molecule has 0 aliphatic rings. The third kappa shape index (κ3) is 3.66. The lowest BCUT2D eigenvalue weighted by Crippen LogP contribution is -2.10. The zero-order chi connectivity index (χ0) is 14.5. The molecular formula is C16H17Cl2NO. The van der Waals surface area contributed by atoms with E-state index in [-0.39, 0.29) is 6.04 Å². The fourth-order valence-electron chi connectivity index (χ4n) is 1.93. The number of rotatable bonds is 5. The van der Waals surface area contributed by atoms with Crippen LogP contribution in [0.25, 0.3) is 0 Å². The van der Waals surface area contributed by atoms with Gasteiger partial charge in [0.2, 0.25) is 0 Å². The molecule has 4 heteroatoms. The lowest BCUT2D eigenvalue weighted by molar-refractivity contribution is 0.300. The number of halogens is 2. The van der Waals surface area contributed by atoms with E-state index in [9.17, 15) is 0 Å². The highest BCUT2D eigenvalue weighted by Crippen LogP contribution is 2.27. The number of ether oxygens (including phenoxy) is 1. The van der Waals surface area contributed by atoms with Gasteiger partial charge in [0, 0.05) is 11.6 Å². The molecule has 0 aliphatic carbocycles. The van der Waals surface area contributed by atoms with Crippen LogP contribution in [-0.2, 0) is 6.61 Å². The third-order valence-corrected chi connectivity index (χ3v) is 3.88. The molecule has 2 rings (SSSR count). The molecule has 0 saturated heterocycles. The minimum absolute atomic E-state index is 0.0139. The van der Waals surface area contributed by atoms with Crippen LogP contribution >= 0.6 is 23.2 Å². The normalized spacial score (nSPS) is 12.2. The molecule has 1 unspecified atom stereocenters. The van der Waals surface area contributed by atoms with Crippen LogP contribution in [0.4, 0.5) is 0 Å². The second-order valence-electron chi connectivity index (χ2n) is 4.59. The van der Waals surface area contributed by atoms with E-state index >= 15 is 0 Å². The highest BCUT2D eigenvalue weighted by atomic mass is 35.5. The molecule has 0 saturated carbocycles. The zero-order valence-electron chi connectivity index (χ0n) is 11.3. The second-order valence-corrected chi connectivity index (χ2v) is 5.40. The fourth-order valence-corrected chi connectivity index (χ4v) is 2.25. The van der Waals surface area contributed by atoms with Gasteiger partial charge >= 0.3 is 0 Å². The molecule has 0 heterocycles. The molecular weight excluding hydrogens is 293 g/mol. The predicted octanol–water partition coefficient (Wildman–Crippen LogP) is 4.98. The highest BCUT2D eigenvalue weighted by molar-refractivity contribution is 6.42. The molecule has 106 valence electrons. The largest absolute Gasteiger partial charge is 0.489 e. The van der Waals surface area contributed by atoms with E-state index in [0.717, 1.165) is 23.3 Å². The van der Waals surface area contributed by atoms with Gasteiger partial charge in [-0.2, -0.15) is 0 Å². The summed E-state index contributed by atoms with van der Waals surface area (Å²) in [7, 11) is 0. The van der Waals surface area contributed by atoms with Crippen molar-refractivity contribution in [1.29, 1.82) is 0 Å². The standard InChI is InChI=1S/C16H17Cl2NO/c1-2-15(19)12-5-3-4-6-16(12)20-10-11-7-8-13(17)14(18)9-11/h3-9,15H,2,10,19H2,1H3. The Morgan fingerprint density at radius 3 is 2.55 bits per heavy atom. The van der Waals surface area contributed by atoms with Gasteiger partial charge in [-0.05, 0) is 30.2 Å². The van der Waals surface area contributed by atoms with Gasteiger partial charge in [0.15, 0.2) is 0 Å². The van der Waals surface area contributed by atoms with Gasteiger partial charge in [-0.3, -0.25) is 0 Å². The van der Waals surface area contributed by atoms with Gasteiger partial charge in [0.1, 0.15) is 12.4 Å². The SMILES string of the molecule is CCC(N)c1ccccc1OCc1ccc(Cl)c(Cl)c1. The minimum Gasteiger partial charge on any atom is -0.489 e. The van der Waals surface area contributed by atoms with Crippen molar-refractivity contribution in [1.82, 2.24) is 0 Å². The van der Waals surface area contributed by atoms with Crippen LogP contribution in [0.3, 0.4) is 0 Å². The Balaban J connectivity index is 2.12. The molecule has 0 aliphatic heterocycles.